The molecule has 0 bridgehead atoms. The summed E-state index contributed by atoms with van der Waals surface area (Å²) in [7, 11) is 0. The Hall–Kier alpha value is -0.450. The van der Waals surface area contributed by atoms with Crippen molar-refractivity contribution >= 4 is 15.9 Å². The topological polar surface area (TPSA) is 38.0 Å². The Balaban J connectivity index is 2.11. The molecule has 1 aliphatic rings. The molecule has 2 nitrogen and oxygen atoms in total. The summed E-state index contributed by atoms with van der Waals surface area (Å²) in [5, 5.41) is 0. The second-order valence-corrected chi connectivity index (χ2v) is 6.74. The molecule has 1 atom stereocenters. The van der Waals surface area contributed by atoms with E-state index in [-0.39, 0.29) is 17.3 Å². The molecule has 19 heavy (non-hydrogen) atoms. The van der Waals surface area contributed by atoms with Crippen molar-refractivity contribution in [3.8, 4) is 0 Å². The van der Waals surface area contributed by atoms with Crippen LogP contribution in [0.3, 0.4) is 0 Å². The highest BCUT2D eigenvalue weighted by atomic mass is 79.9. The lowest BCUT2D eigenvalue weighted by Gasteiger charge is -2.40. The molecule has 1 aromatic rings. The van der Waals surface area contributed by atoms with Crippen LogP contribution in [0.4, 0.5) is 4.39 Å². The van der Waals surface area contributed by atoms with E-state index in [1.807, 2.05) is 12.1 Å². The highest BCUT2D eigenvalue weighted by Crippen LogP contribution is 2.39. The summed E-state index contributed by atoms with van der Waals surface area (Å²) in [5.41, 5.74) is 4.34. The van der Waals surface area contributed by atoms with Gasteiger partial charge in [0.15, 0.2) is 0 Å². The molecule has 1 saturated carbocycles. The van der Waals surface area contributed by atoms with Gasteiger partial charge in [0.1, 0.15) is 5.82 Å². The van der Waals surface area contributed by atoms with Crippen molar-refractivity contribution in [2.24, 2.45) is 11.3 Å². The number of hydrazine groups is 1. The Bertz CT molecular complexity index is 430. The van der Waals surface area contributed by atoms with E-state index in [9.17, 15) is 4.39 Å². The van der Waals surface area contributed by atoms with Gasteiger partial charge in [-0.2, -0.15) is 0 Å². The van der Waals surface area contributed by atoms with Crippen LogP contribution in [0.25, 0.3) is 0 Å². The lowest BCUT2D eigenvalue weighted by Crippen LogP contribution is -2.49. The first-order chi connectivity index (χ1) is 9.05. The zero-order chi connectivity index (χ0) is 13.9. The quantitative estimate of drug-likeness (QED) is 0.649. The molecule has 0 heterocycles. The van der Waals surface area contributed by atoms with Crippen LogP contribution in [0.5, 0.6) is 0 Å². The maximum atomic E-state index is 13.3. The van der Waals surface area contributed by atoms with Gasteiger partial charge in [-0.3, -0.25) is 11.3 Å². The number of rotatable bonds is 4. The molecule has 0 amide bonds. The average Bonchev–Trinajstić information content (AvgIpc) is 2.40. The van der Waals surface area contributed by atoms with Crippen molar-refractivity contribution in [3.63, 3.8) is 0 Å². The lowest BCUT2D eigenvalue weighted by atomic mass is 9.69. The number of nitrogens with one attached hydrogen (secondary N) is 1. The van der Waals surface area contributed by atoms with Crippen molar-refractivity contribution < 1.29 is 4.39 Å². The monoisotopic (exact) mass is 328 g/mol. The molecular formula is C15H22BrFN2. The molecule has 0 radical (unpaired) electrons. The smallest absolute Gasteiger partial charge is 0.137 e. The van der Waals surface area contributed by atoms with Crippen molar-refractivity contribution in [2.45, 2.75) is 51.5 Å². The van der Waals surface area contributed by atoms with Crippen molar-refractivity contribution in [1.29, 1.82) is 0 Å². The fraction of sp³-hybridized carbons (Fsp3) is 0.600. The van der Waals surface area contributed by atoms with Crippen molar-refractivity contribution in [3.05, 3.63) is 34.1 Å². The standard InChI is InChI=1S/C15H22BrFN2/c1-15(7-3-2-4-8-15)14(19-18)10-11-5-6-13(17)12(16)9-11/h5-6,9,14,19H,2-4,7-8,10,18H2,1H3. The van der Waals surface area contributed by atoms with Gasteiger partial charge in [0, 0.05) is 6.04 Å². The van der Waals surface area contributed by atoms with Crippen LogP contribution in [0.15, 0.2) is 22.7 Å². The van der Waals surface area contributed by atoms with Gasteiger partial charge in [0.2, 0.25) is 0 Å². The molecule has 1 unspecified atom stereocenters. The molecule has 0 spiro atoms. The highest BCUT2D eigenvalue weighted by Gasteiger charge is 2.34. The molecule has 2 rings (SSSR count). The first-order valence-corrected chi connectivity index (χ1v) is 7.74. The van der Waals surface area contributed by atoms with Gasteiger partial charge in [-0.05, 0) is 58.3 Å². The fourth-order valence-corrected chi connectivity index (χ4v) is 3.54. The van der Waals surface area contributed by atoms with E-state index in [0.29, 0.717) is 4.47 Å². The average molecular weight is 329 g/mol. The fourth-order valence-electron chi connectivity index (χ4n) is 3.12. The van der Waals surface area contributed by atoms with Crippen LogP contribution in [0.2, 0.25) is 0 Å². The third-order valence-corrected chi connectivity index (χ3v) is 5.07. The summed E-state index contributed by atoms with van der Waals surface area (Å²) in [5.74, 6) is 5.55. The summed E-state index contributed by atoms with van der Waals surface area (Å²) < 4.78 is 13.8. The summed E-state index contributed by atoms with van der Waals surface area (Å²) in [4.78, 5) is 0. The minimum atomic E-state index is -0.218. The zero-order valence-electron chi connectivity index (χ0n) is 11.4. The predicted molar refractivity (Wildman–Crippen MR) is 80.1 cm³/mol. The maximum absolute atomic E-state index is 13.3. The van der Waals surface area contributed by atoms with Gasteiger partial charge < -0.3 is 0 Å². The molecule has 1 fully saturated rings. The second kappa shape index (κ2) is 6.33. The summed E-state index contributed by atoms with van der Waals surface area (Å²) in [6.45, 7) is 2.31. The van der Waals surface area contributed by atoms with E-state index in [4.69, 9.17) is 5.84 Å². The van der Waals surface area contributed by atoms with Gasteiger partial charge in [-0.1, -0.05) is 32.3 Å². The van der Waals surface area contributed by atoms with Gasteiger partial charge in [0.05, 0.1) is 4.47 Å². The third-order valence-electron chi connectivity index (χ3n) is 4.46. The molecule has 1 aliphatic carbocycles. The molecule has 1 aromatic carbocycles. The van der Waals surface area contributed by atoms with Crippen LogP contribution in [0, 0.1) is 11.2 Å². The zero-order valence-corrected chi connectivity index (χ0v) is 13.0. The first-order valence-electron chi connectivity index (χ1n) is 6.95. The van der Waals surface area contributed by atoms with Crippen molar-refractivity contribution in [2.75, 3.05) is 0 Å². The van der Waals surface area contributed by atoms with Crippen LogP contribution in [-0.2, 0) is 6.42 Å². The predicted octanol–water partition coefficient (Wildman–Crippen LogP) is 3.93. The van der Waals surface area contributed by atoms with Crippen LogP contribution in [-0.4, -0.2) is 6.04 Å². The van der Waals surface area contributed by atoms with E-state index in [0.717, 1.165) is 12.0 Å². The Morgan fingerprint density at radius 1 is 1.37 bits per heavy atom. The van der Waals surface area contributed by atoms with E-state index >= 15 is 0 Å². The molecule has 0 aliphatic heterocycles. The molecular weight excluding hydrogens is 307 g/mol. The molecule has 106 valence electrons. The van der Waals surface area contributed by atoms with E-state index in [1.165, 1.54) is 38.2 Å². The second-order valence-electron chi connectivity index (χ2n) is 5.89. The number of nitrogens with two attached hydrogens (primary N) is 1. The van der Waals surface area contributed by atoms with Crippen molar-refractivity contribution in [1.82, 2.24) is 5.43 Å². The Morgan fingerprint density at radius 2 is 2.05 bits per heavy atom. The summed E-state index contributed by atoms with van der Waals surface area (Å²) >= 11 is 3.24. The van der Waals surface area contributed by atoms with E-state index in [1.54, 1.807) is 0 Å². The van der Waals surface area contributed by atoms with Crippen LogP contribution >= 0.6 is 15.9 Å². The Labute approximate surface area is 123 Å². The van der Waals surface area contributed by atoms with Gasteiger partial charge in [-0.25, -0.2) is 4.39 Å². The normalized spacial score (nSPS) is 20.2. The largest absolute Gasteiger partial charge is 0.271 e. The van der Waals surface area contributed by atoms with Gasteiger partial charge in [-0.15, -0.1) is 0 Å². The number of benzene rings is 1. The molecule has 0 aromatic heterocycles. The highest BCUT2D eigenvalue weighted by molar-refractivity contribution is 9.10. The molecule has 3 N–H and O–H groups in total. The minimum Gasteiger partial charge on any atom is -0.271 e. The summed E-state index contributed by atoms with van der Waals surface area (Å²) in [6, 6.07) is 5.45. The van der Waals surface area contributed by atoms with Gasteiger partial charge in [0.25, 0.3) is 0 Å². The molecule has 4 heteroatoms. The van der Waals surface area contributed by atoms with Crippen LogP contribution in [0.1, 0.15) is 44.6 Å². The number of halogens is 2. The third kappa shape index (κ3) is 3.56. The summed E-state index contributed by atoms with van der Waals surface area (Å²) in [6.07, 6.45) is 7.15. The lowest BCUT2D eigenvalue weighted by molar-refractivity contribution is 0.144. The van der Waals surface area contributed by atoms with Crippen LogP contribution < -0.4 is 11.3 Å². The number of hydrogen-bond donors (Lipinski definition) is 2. The minimum absolute atomic E-state index is 0.218. The maximum Gasteiger partial charge on any atom is 0.137 e. The first kappa shape index (κ1) is 14.9. The Kier molecular flexibility index (Phi) is 4.98. The van der Waals surface area contributed by atoms with E-state index < -0.39 is 0 Å². The molecule has 0 saturated heterocycles. The number of hydrogen-bond acceptors (Lipinski definition) is 2. The Morgan fingerprint density at radius 3 is 2.63 bits per heavy atom. The SMILES string of the molecule is CC1(C(Cc2ccc(F)c(Br)c2)NN)CCCCC1. The van der Waals surface area contributed by atoms with Gasteiger partial charge >= 0.3 is 0 Å². The van der Waals surface area contributed by atoms with E-state index in [2.05, 4.69) is 28.3 Å².